The first-order valence-corrected chi connectivity index (χ1v) is 7.39. The fraction of sp³-hybridized carbons (Fsp3) is 0.625. The molecule has 1 unspecified atom stereocenters. The highest BCUT2D eigenvalue weighted by Crippen LogP contribution is 2.28. The predicted octanol–water partition coefficient (Wildman–Crippen LogP) is 1.83. The van der Waals surface area contributed by atoms with Crippen LogP contribution in [-0.4, -0.2) is 45.6 Å². The molecule has 0 N–H and O–H groups in total. The van der Waals surface area contributed by atoms with Gasteiger partial charge in [0.25, 0.3) is 0 Å². The topological polar surface area (TPSA) is 59.0 Å². The molecule has 0 aliphatic carbocycles. The lowest BCUT2D eigenvalue weighted by atomic mass is 10.7. The van der Waals surface area contributed by atoms with Crippen molar-refractivity contribution in [2.45, 2.75) is 12.4 Å². The van der Waals surface area contributed by atoms with Crippen LogP contribution in [0.4, 0.5) is 0 Å². The summed E-state index contributed by atoms with van der Waals surface area (Å²) in [4.78, 5) is 0. The summed E-state index contributed by atoms with van der Waals surface area (Å²) in [5.41, 5.74) is -0.299. The molecule has 0 heterocycles. The Morgan fingerprint density at radius 2 is 2.31 bits per heavy atom. The largest absolute Gasteiger partial charge is 0.369 e. The van der Waals surface area contributed by atoms with Crippen molar-refractivity contribution in [2.75, 3.05) is 20.7 Å². The molecule has 94 valence electrons. The van der Waals surface area contributed by atoms with Crippen molar-refractivity contribution < 1.29 is 13.2 Å². The van der Waals surface area contributed by atoms with Crippen molar-refractivity contribution in [2.24, 2.45) is 4.40 Å². The van der Waals surface area contributed by atoms with Crippen molar-refractivity contribution in [3.8, 4) is 0 Å². The summed E-state index contributed by atoms with van der Waals surface area (Å²) in [5, 5.41) is 0. The summed E-state index contributed by atoms with van der Waals surface area (Å²) in [6, 6.07) is 0. The van der Waals surface area contributed by atoms with Gasteiger partial charge in [0.05, 0.1) is 6.54 Å². The summed E-state index contributed by atoms with van der Waals surface area (Å²) in [7, 11) is -0.673. The summed E-state index contributed by atoms with van der Waals surface area (Å²) < 4.78 is 32.8. The molecule has 0 radical (unpaired) electrons. The van der Waals surface area contributed by atoms with E-state index in [2.05, 4.69) is 27.0 Å². The molecular formula is C8H15BrN2O3S2. The van der Waals surface area contributed by atoms with Crippen LogP contribution >= 0.6 is 27.7 Å². The standard InChI is InChI=1S/C8H15BrN2O3S2/c1-5-7(9)15-8(14-4)6-11(3)16(12,13)10-2/h5,8H,2,6H2,1,3-4H3/b7-5-. The first-order chi connectivity index (χ1) is 7.37. The first-order valence-electron chi connectivity index (χ1n) is 4.33. The van der Waals surface area contributed by atoms with Crippen LogP contribution in [-0.2, 0) is 14.9 Å². The van der Waals surface area contributed by atoms with Crippen LogP contribution in [0.5, 0.6) is 0 Å². The van der Waals surface area contributed by atoms with E-state index >= 15 is 0 Å². The zero-order chi connectivity index (χ0) is 12.8. The molecular weight excluding hydrogens is 316 g/mol. The van der Waals surface area contributed by atoms with Crippen molar-refractivity contribution in [1.29, 1.82) is 0 Å². The normalized spacial score (nSPS) is 15.2. The van der Waals surface area contributed by atoms with Gasteiger partial charge in [-0.25, -0.2) is 0 Å². The van der Waals surface area contributed by atoms with Gasteiger partial charge in [-0.05, 0) is 22.9 Å². The van der Waals surface area contributed by atoms with E-state index in [4.69, 9.17) is 4.74 Å². The highest BCUT2D eigenvalue weighted by atomic mass is 79.9. The lowest BCUT2D eigenvalue weighted by Gasteiger charge is -2.20. The van der Waals surface area contributed by atoms with Crippen LogP contribution in [0.25, 0.3) is 0 Å². The van der Waals surface area contributed by atoms with Crippen molar-refractivity contribution >= 4 is 44.6 Å². The maximum Gasteiger partial charge on any atom is 0.321 e. The monoisotopic (exact) mass is 330 g/mol. The first kappa shape index (κ1) is 16.1. The molecule has 8 heteroatoms. The highest BCUT2D eigenvalue weighted by molar-refractivity contribution is 9.14. The Bertz CT molecular complexity index is 356. The third kappa shape index (κ3) is 5.44. The maximum atomic E-state index is 11.3. The van der Waals surface area contributed by atoms with Crippen LogP contribution in [0.1, 0.15) is 6.92 Å². The molecule has 16 heavy (non-hydrogen) atoms. The lowest BCUT2D eigenvalue weighted by molar-refractivity contribution is 0.157. The molecule has 0 aliphatic rings. The van der Waals surface area contributed by atoms with Crippen molar-refractivity contribution in [3.63, 3.8) is 0 Å². The second-order valence-corrected chi connectivity index (χ2v) is 7.12. The third-order valence-electron chi connectivity index (χ3n) is 1.70. The van der Waals surface area contributed by atoms with Gasteiger partial charge in [0.2, 0.25) is 0 Å². The minimum atomic E-state index is -3.63. The van der Waals surface area contributed by atoms with E-state index in [-0.39, 0.29) is 12.0 Å². The van der Waals surface area contributed by atoms with Gasteiger partial charge >= 0.3 is 10.2 Å². The van der Waals surface area contributed by atoms with Gasteiger partial charge in [0.1, 0.15) is 5.44 Å². The van der Waals surface area contributed by atoms with E-state index in [1.807, 2.05) is 13.0 Å². The molecule has 0 amide bonds. The zero-order valence-corrected chi connectivity index (χ0v) is 12.6. The van der Waals surface area contributed by atoms with Crippen LogP contribution in [0.2, 0.25) is 0 Å². The smallest absolute Gasteiger partial charge is 0.321 e. The number of likely N-dealkylation sites (N-methyl/N-ethyl adjacent to an activating group) is 1. The second kappa shape index (κ2) is 7.44. The van der Waals surface area contributed by atoms with Crippen LogP contribution in [0, 0.1) is 0 Å². The van der Waals surface area contributed by atoms with E-state index in [1.54, 1.807) is 0 Å². The molecule has 0 aromatic heterocycles. The fourth-order valence-corrected chi connectivity index (χ4v) is 2.78. The van der Waals surface area contributed by atoms with Crippen LogP contribution in [0.15, 0.2) is 14.3 Å². The highest BCUT2D eigenvalue weighted by Gasteiger charge is 2.20. The Morgan fingerprint density at radius 1 is 1.75 bits per heavy atom. The number of hydrogen-bond donors (Lipinski definition) is 0. The average Bonchev–Trinajstić information content (AvgIpc) is 2.27. The van der Waals surface area contributed by atoms with E-state index in [9.17, 15) is 8.42 Å². The second-order valence-electron chi connectivity index (χ2n) is 2.76. The number of rotatable bonds is 7. The third-order valence-corrected chi connectivity index (χ3v) is 5.04. The molecule has 0 saturated carbocycles. The summed E-state index contributed by atoms with van der Waals surface area (Å²) in [6.45, 7) is 5.09. The van der Waals surface area contributed by atoms with Crippen molar-refractivity contribution in [1.82, 2.24) is 4.31 Å². The van der Waals surface area contributed by atoms with Gasteiger partial charge in [0, 0.05) is 24.7 Å². The van der Waals surface area contributed by atoms with Gasteiger partial charge < -0.3 is 4.74 Å². The van der Waals surface area contributed by atoms with Crippen molar-refractivity contribution in [3.05, 3.63) is 9.89 Å². The quantitative estimate of drug-likeness (QED) is 0.527. The Labute approximate surface area is 109 Å². The lowest BCUT2D eigenvalue weighted by Crippen LogP contribution is -2.32. The molecule has 0 rings (SSSR count). The number of hydrogen-bond acceptors (Lipinski definition) is 4. The predicted molar refractivity (Wildman–Crippen MR) is 72.2 cm³/mol. The minimum absolute atomic E-state index is 0.200. The molecule has 0 aliphatic heterocycles. The van der Waals surface area contributed by atoms with E-state index in [0.29, 0.717) is 0 Å². The van der Waals surface area contributed by atoms with Crippen LogP contribution in [0.3, 0.4) is 0 Å². The number of ether oxygens (including phenoxy) is 1. The number of nitrogens with zero attached hydrogens (tertiary/aromatic N) is 2. The Balaban J connectivity index is 4.50. The molecule has 0 saturated heterocycles. The minimum Gasteiger partial charge on any atom is -0.369 e. The molecule has 5 nitrogen and oxygen atoms in total. The molecule has 0 bridgehead atoms. The van der Waals surface area contributed by atoms with Gasteiger partial charge in [-0.1, -0.05) is 17.8 Å². The molecule has 0 aromatic rings. The summed E-state index contributed by atoms with van der Waals surface area (Å²) in [6.07, 6.45) is 1.86. The van der Waals surface area contributed by atoms with Gasteiger partial charge in [-0.2, -0.15) is 17.1 Å². The molecule has 1 atom stereocenters. The average molecular weight is 331 g/mol. The van der Waals surface area contributed by atoms with E-state index < -0.39 is 10.2 Å². The SMILES string of the molecule is C=NS(=O)(=O)N(C)CC(OC)S/C(Br)=C\C. The van der Waals surface area contributed by atoms with Gasteiger partial charge in [0.15, 0.2) is 0 Å². The maximum absolute atomic E-state index is 11.3. The molecule has 0 aromatic carbocycles. The summed E-state index contributed by atoms with van der Waals surface area (Å²) >= 11 is 4.70. The van der Waals surface area contributed by atoms with Gasteiger partial charge in [-0.3, -0.25) is 0 Å². The van der Waals surface area contributed by atoms with E-state index in [0.717, 1.165) is 8.12 Å². The molecule has 0 spiro atoms. The van der Waals surface area contributed by atoms with E-state index in [1.165, 1.54) is 25.9 Å². The van der Waals surface area contributed by atoms with Crippen LogP contribution < -0.4 is 0 Å². The summed E-state index contributed by atoms with van der Waals surface area (Å²) in [5.74, 6) is 0. The van der Waals surface area contributed by atoms with Gasteiger partial charge in [-0.15, -0.1) is 0 Å². The number of allylic oxidation sites excluding steroid dienone is 1. The number of halogens is 1. The fourth-order valence-electron chi connectivity index (χ4n) is 0.756. The Morgan fingerprint density at radius 3 is 2.69 bits per heavy atom. The zero-order valence-electron chi connectivity index (χ0n) is 9.38. The Hall–Kier alpha value is 0.110. The number of methoxy groups -OCH3 is 1. The Kier molecular flexibility index (Phi) is 7.49. The number of thioether (sulfide) groups is 1. The molecule has 0 fully saturated rings.